The van der Waals surface area contributed by atoms with Crippen molar-refractivity contribution >= 4 is 27.8 Å². The van der Waals surface area contributed by atoms with Gasteiger partial charge < -0.3 is 10.4 Å². The molecule has 0 heterocycles. The van der Waals surface area contributed by atoms with Crippen LogP contribution < -0.4 is 5.32 Å². The average molecular weight is 340 g/mol. The highest BCUT2D eigenvalue weighted by molar-refractivity contribution is 9.10. The van der Waals surface area contributed by atoms with Crippen LogP contribution in [-0.2, 0) is 4.79 Å². The third-order valence-corrected chi connectivity index (χ3v) is 4.92. The SMILES string of the molecule is Cc1cccc(C(=O)NC2(CC(=O)O)CCCC2)c1Br. The van der Waals surface area contributed by atoms with E-state index in [-0.39, 0.29) is 12.3 Å². The van der Waals surface area contributed by atoms with Gasteiger partial charge in [-0.05, 0) is 47.3 Å². The molecule has 1 aromatic rings. The molecule has 0 aliphatic heterocycles. The Morgan fingerprint density at radius 2 is 2.00 bits per heavy atom. The predicted octanol–water partition coefficient (Wildman–Crippen LogP) is 3.27. The van der Waals surface area contributed by atoms with Gasteiger partial charge >= 0.3 is 5.97 Å². The molecule has 4 nitrogen and oxygen atoms in total. The number of rotatable bonds is 4. The lowest BCUT2D eigenvalue weighted by molar-refractivity contribution is -0.138. The molecule has 20 heavy (non-hydrogen) atoms. The Bertz CT molecular complexity index is 536. The Morgan fingerprint density at radius 1 is 1.35 bits per heavy atom. The second-order valence-corrected chi connectivity index (χ2v) is 6.24. The van der Waals surface area contributed by atoms with Gasteiger partial charge in [0.2, 0.25) is 0 Å². The van der Waals surface area contributed by atoms with Gasteiger partial charge in [0, 0.05) is 4.47 Å². The largest absolute Gasteiger partial charge is 0.481 e. The van der Waals surface area contributed by atoms with Crippen LogP contribution in [0.15, 0.2) is 22.7 Å². The van der Waals surface area contributed by atoms with Crippen molar-refractivity contribution in [1.82, 2.24) is 5.32 Å². The summed E-state index contributed by atoms with van der Waals surface area (Å²) in [5, 5.41) is 12.0. The highest BCUT2D eigenvalue weighted by atomic mass is 79.9. The van der Waals surface area contributed by atoms with Crippen LogP contribution in [0.1, 0.15) is 48.0 Å². The van der Waals surface area contributed by atoms with Gasteiger partial charge in [-0.1, -0.05) is 25.0 Å². The van der Waals surface area contributed by atoms with Crippen molar-refractivity contribution in [2.75, 3.05) is 0 Å². The van der Waals surface area contributed by atoms with Crippen LogP contribution in [0.25, 0.3) is 0 Å². The molecule has 0 saturated heterocycles. The zero-order chi connectivity index (χ0) is 14.8. The van der Waals surface area contributed by atoms with E-state index < -0.39 is 11.5 Å². The summed E-state index contributed by atoms with van der Waals surface area (Å²) in [7, 11) is 0. The van der Waals surface area contributed by atoms with E-state index in [0.29, 0.717) is 5.56 Å². The molecular formula is C15H18BrNO3. The summed E-state index contributed by atoms with van der Waals surface area (Å²) < 4.78 is 0.765. The molecule has 2 rings (SSSR count). The molecule has 1 saturated carbocycles. The summed E-state index contributed by atoms with van der Waals surface area (Å²) in [6, 6.07) is 5.49. The number of aryl methyl sites for hydroxylation is 1. The molecule has 0 bridgehead atoms. The topological polar surface area (TPSA) is 66.4 Å². The maximum Gasteiger partial charge on any atom is 0.305 e. The minimum absolute atomic E-state index is 0.0117. The summed E-state index contributed by atoms with van der Waals surface area (Å²) in [6.07, 6.45) is 3.37. The maximum atomic E-state index is 12.4. The highest BCUT2D eigenvalue weighted by Gasteiger charge is 2.37. The van der Waals surface area contributed by atoms with Crippen molar-refractivity contribution in [3.05, 3.63) is 33.8 Å². The Kier molecular flexibility index (Phi) is 4.48. The molecule has 0 radical (unpaired) electrons. The highest BCUT2D eigenvalue weighted by Crippen LogP contribution is 2.33. The van der Waals surface area contributed by atoms with Gasteiger partial charge in [0.05, 0.1) is 17.5 Å². The van der Waals surface area contributed by atoms with E-state index in [0.717, 1.165) is 35.7 Å². The van der Waals surface area contributed by atoms with E-state index in [9.17, 15) is 9.59 Å². The Hall–Kier alpha value is -1.36. The van der Waals surface area contributed by atoms with Crippen LogP contribution in [0.3, 0.4) is 0 Å². The fraction of sp³-hybridized carbons (Fsp3) is 0.467. The van der Waals surface area contributed by atoms with Gasteiger partial charge in [0.25, 0.3) is 5.91 Å². The molecule has 1 aliphatic rings. The molecular weight excluding hydrogens is 322 g/mol. The van der Waals surface area contributed by atoms with Gasteiger partial charge in [-0.25, -0.2) is 0 Å². The zero-order valence-corrected chi connectivity index (χ0v) is 13.0. The molecule has 1 aliphatic carbocycles. The van der Waals surface area contributed by atoms with Gasteiger partial charge in [0.15, 0.2) is 0 Å². The van der Waals surface area contributed by atoms with Gasteiger partial charge in [0.1, 0.15) is 0 Å². The van der Waals surface area contributed by atoms with Crippen LogP contribution in [0.4, 0.5) is 0 Å². The average Bonchev–Trinajstić information content (AvgIpc) is 2.79. The van der Waals surface area contributed by atoms with Gasteiger partial charge in [-0.3, -0.25) is 9.59 Å². The van der Waals surface area contributed by atoms with E-state index in [2.05, 4.69) is 21.2 Å². The summed E-state index contributed by atoms with van der Waals surface area (Å²) in [5.41, 5.74) is 0.949. The predicted molar refractivity (Wildman–Crippen MR) is 79.8 cm³/mol. The third kappa shape index (κ3) is 3.20. The number of nitrogens with one attached hydrogen (secondary N) is 1. The van der Waals surface area contributed by atoms with E-state index >= 15 is 0 Å². The Morgan fingerprint density at radius 3 is 2.60 bits per heavy atom. The van der Waals surface area contributed by atoms with Crippen LogP contribution in [0.2, 0.25) is 0 Å². The van der Waals surface area contributed by atoms with Gasteiger partial charge in [-0.15, -0.1) is 0 Å². The minimum atomic E-state index is -0.865. The van der Waals surface area contributed by atoms with Crippen molar-refractivity contribution in [3.63, 3.8) is 0 Å². The maximum absolute atomic E-state index is 12.4. The number of halogens is 1. The first kappa shape index (κ1) is 15.0. The van der Waals surface area contributed by atoms with Crippen LogP contribution in [0.5, 0.6) is 0 Å². The smallest absolute Gasteiger partial charge is 0.305 e. The van der Waals surface area contributed by atoms with Crippen LogP contribution in [0, 0.1) is 6.92 Å². The number of benzene rings is 1. The van der Waals surface area contributed by atoms with E-state index in [1.54, 1.807) is 6.07 Å². The zero-order valence-electron chi connectivity index (χ0n) is 11.4. The standard InChI is InChI=1S/C15H18BrNO3/c1-10-5-4-6-11(13(10)16)14(20)17-15(9-12(18)19)7-2-3-8-15/h4-6H,2-3,7-9H2,1H3,(H,17,20)(H,18,19). The molecule has 0 aromatic heterocycles. The summed E-state index contributed by atoms with van der Waals surface area (Å²) in [4.78, 5) is 23.5. The van der Waals surface area contributed by atoms with Crippen molar-refractivity contribution in [2.45, 2.75) is 44.6 Å². The quantitative estimate of drug-likeness (QED) is 0.884. The lowest BCUT2D eigenvalue weighted by Crippen LogP contribution is -2.47. The van der Waals surface area contributed by atoms with E-state index in [1.165, 1.54) is 0 Å². The Balaban J connectivity index is 2.20. The number of carbonyl (C=O) groups excluding carboxylic acids is 1. The second-order valence-electron chi connectivity index (χ2n) is 5.45. The first-order valence-electron chi connectivity index (χ1n) is 6.73. The molecule has 0 spiro atoms. The number of aliphatic carboxylic acids is 1. The van der Waals surface area contributed by atoms with Crippen LogP contribution in [-0.4, -0.2) is 22.5 Å². The van der Waals surface area contributed by atoms with Crippen molar-refractivity contribution in [2.24, 2.45) is 0 Å². The molecule has 5 heteroatoms. The fourth-order valence-electron chi connectivity index (χ4n) is 2.82. The lowest BCUT2D eigenvalue weighted by atomic mass is 9.92. The molecule has 0 atom stereocenters. The minimum Gasteiger partial charge on any atom is -0.481 e. The third-order valence-electron chi connectivity index (χ3n) is 3.87. The Labute approximate surface area is 126 Å². The number of carbonyl (C=O) groups is 2. The number of hydrogen-bond acceptors (Lipinski definition) is 2. The number of carboxylic acid groups (broad SMARTS) is 1. The lowest BCUT2D eigenvalue weighted by Gasteiger charge is -2.29. The van der Waals surface area contributed by atoms with Crippen LogP contribution >= 0.6 is 15.9 Å². The van der Waals surface area contributed by atoms with Gasteiger partial charge in [-0.2, -0.15) is 0 Å². The second kappa shape index (κ2) is 5.95. The molecule has 108 valence electrons. The molecule has 1 aromatic carbocycles. The van der Waals surface area contributed by atoms with Crippen molar-refractivity contribution in [3.8, 4) is 0 Å². The fourth-order valence-corrected chi connectivity index (χ4v) is 3.26. The first-order valence-corrected chi connectivity index (χ1v) is 7.52. The van der Waals surface area contributed by atoms with Crippen molar-refractivity contribution < 1.29 is 14.7 Å². The summed E-state index contributed by atoms with van der Waals surface area (Å²) >= 11 is 3.42. The molecule has 2 N–H and O–H groups in total. The number of hydrogen-bond donors (Lipinski definition) is 2. The molecule has 1 amide bonds. The summed E-state index contributed by atoms with van der Waals surface area (Å²) in [6.45, 7) is 1.92. The number of carboxylic acids is 1. The van der Waals surface area contributed by atoms with E-state index in [1.807, 2.05) is 19.1 Å². The first-order chi connectivity index (χ1) is 9.43. The monoisotopic (exact) mass is 339 g/mol. The normalized spacial score (nSPS) is 16.9. The molecule has 0 unspecified atom stereocenters. The summed E-state index contributed by atoms with van der Waals surface area (Å²) in [5.74, 6) is -1.07. The number of amides is 1. The molecule has 1 fully saturated rings. The van der Waals surface area contributed by atoms with Crippen molar-refractivity contribution in [1.29, 1.82) is 0 Å². The van der Waals surface area contributed by atoms with E-state index in [4.69, 9.17) is 5.11 Å².